The second-order valence-electron chi connectivity index (χ2n) is 4.66. The minimum absolute atomic E-state index is 0.294. The van der Waals surface area contributed by atoms with Crippen molar-refractivity contribution in [3.8, 4) is 0 Å². The minimum atomic E-state index is -0.494. The maximum atomic E-state index is 12.1. The number of thiazole rings is 1. The van der Waals surface area contributed by atoms with Gasteiger partial charge in [-0.3, -0.25) is 4.79 Å². The number of rotatable bonds is 5. The highest BCUT2D eigenvalue weighted by molar-refractivity contribution is 7.12. The van der Waals surface area contributed by atoms with Gasteiger partial charge < -0.3 is 10.1 Å². The molecule has 112 valence electrons. The molecule has 0 atom stereocenters. The Morgan fingerprint density at radius 2 is 2.14 bits per heavy atom. The molecule has 0 saturated carbocycles. The highest BCUT2D eigenvalue weighted by atomic mass is 32.1. The number of carbonyl (C=O) groups is 2. The molecule has 0 aliphatic rings. The molecule has 1 amide bonds. The van der Waals surface area contributed by atoms with Crippen LogP contribution in [0.5, 0.6) is 0 Å². The van der Waals surface area contributed by atoms with Crippen molar-refractivity contribution in [3.63, 3.8) is 0 Å². The molecule has 0 spiro atoms. The van der Waals surface area contributed by atoms with Crippen molar-refractivity contribution in [2.24, 2.45) is 0 Å². The van der Waals surface area contributed by atoms with Crippen LogP contribution in [0.15, 0.2) is 16.8 Å². The monoisotopic (exact) mass is 324 g/mol. The lowest BCUT2D eigenvalue weighted by Gasteiger charge is -2.04. The first kappa shape index (κ1) is 15.7. The lowest BCUT2D eigenvalue weighted by Crippen LogP contribution is -2.24. The van der Waals surface area contributed by atoms with Gasteiger partial charge >= 0.3 is 5.97 Å². The molecule has 7 heteroatoms. The van der Waals surface area contributed by atoms with E-state index in [-0.39, 0.29) is 5.91 Å². The number of ether oxygens (including phenoxy) is 1. The highest BCUT2D eigenvalue weighted by Gasteiger charge is 2.19. The van der Waals surface area contributed by atoms with Crippen LogP contribution in [-0.4, -0.2) is 24.0 Å². The summed E-state index contributed by atoms with van der Waals surface area (Å²) in [6.07, 6.45) is 0. The fourth-order valence-corrected chi connectivity index (χ4v) is 3.36. The molecule has 0 aliphatic heterocycles. The van der Waals surface area contributed by atoms with Crippen molar-refractivity contribution in [1.29, 1.82) is 0 Å². The number of thiophene rings is 1. The van der Waals surface area contributed by atoms with Gasteiger partial charge in [0.25, 0.3) is 5.91 Å². The first-order chi connectivity index (χ1) is 10.0. The molecule has 1 N–H and O–H groups in total. The minimum Gasteiger partial charge on any atom is -0.465 e. The van der Waals surface area contributed by atoms with Crippen LogP contribution in [0.1, 0.15) is 50.5 Å². The largest absolute Gasteiger partial charge is 0.465 e. The van der Waals surface area contributed by atoms with Crippen LogP contribution >= 0.6 is 22.7 Å². The quantitative estimate of drug-likeness (QED) is 0.858. The molecule has 2 aromatic heterocycles. The summed E-state index contributed by atoms with van der Waals surface area (Å²) in [5.74, 6) is -0.419. The second kappa shape index (κ2) is 6.82. The zero-order valence-corrected chi connectivity index (χ0v) is 13.6. The Labute approximate surface area is 131 Å². The van der Waals surface area contributed by atoms with E-state index < -0.39 is 5.97 Å². The van der Waals surface area contributed by atoms with Gasteiger partial charge in [0.15, 0.2) is 0 Å². The number of esters is 1. The molecule has 0 aliphatic carbocycles. The summed E-state index contributed by atoms with van der Waals surface area (Å²) in [4.78, 5) is 28.4. The number of methoxy groups -OCH3 is 1. The summed E-state index contributed by atoms with van der Waals surface area (Å²) in [6.45, 7) is 4.50. The van der Waals surface area contributed by atoms with Gasteiger partial charge in [0.05, 0.1) is 24.9 Å². The van der Waals surface area contributed by atoms with Crippen LogP contribution in [0.25, 0.3) is 0 Å². The third kappa shape index (κ3) is 3.68. The molecule has 0 aromatic carbocycles. The number of aromatic nitrogens is 1. The predicted molar refractivity (Wildman–Crippen MR) is 83.0 cm³/mol. The molecule has 5 nitrogen and oxygen atoms in total. The van der Waals surface area contributed by atoms with Crippen molar-refractivity contribution in [3.05, 3.63) is 38.0 Å². The smallest absolute Gasteiger partial charge is 0.348 e. The third-order valence-corrected chi connectivity index (χ3v) is 4.60. The zero-order chi connectivity index (χ0) is 15.4. The van der Waals surface area contributed by atoms with Crippen molar-refractivity contribution >= 4 is 34.6 Å². The molecule has 0 unspecified atom stereocenters. The number of amides is 1. The molecule has 2 aromatic rings. The van der Waals surface area contributed by atoms with E-state index in [1.165, 1.54) is 29.8 Å². The van der Waals surface area contributed by atoms with E-state index in [9.17, 15) is 9.59 Å². The Morgan fingerprint density at radius 1 is 1.38 bits per heavy atom. The molecule has 0 fully saturated rings. The van der Waals surface area contributed by atoms with Crippen LogP contribution in [0.2, 0.25) is 0 Å². The second-order valence-corrected chi connectivity index (χ2v) is 6.52. The number of hydrogen-bond donors (Lipinski definition) is 1. The van der Waals surface area contributed by atoms with Crippen LogP contribution in [0.4, 0.5) is 0 Å². The van der Waals surface area contributed by atoms with E-state index in [0.29, 0.717) is 22.9 Å². The summed E-state index contributed by atoms with van der Waals surface area (Å²) in [5.41, 5.74) is 1.36. The fourth-order valence-electron chi connectivity index (χ4n) is 1.66. The van der Waals surface area contributed by atoms with Crippen molar-refractivity contribution in [2.75, 3.05) is 7.11 Å². The Morgan fingerprint density at radius 3 is 2.76 bits per heavy atom. The van der Waals surface area contributed by atoms with Gasteiger partial charge in [-0.25, -0.2) is 9.78 Å². The van der Waals surface area contributed by atoms with Gasteiger partial charge in [0.2, 0.25) is 0 Å². The van der Waals surface area contributed by atoms with Gasteiger partial charge in [0, 0.05) is 5.38 Å². The Kier molecular flexibility index (Phi) is 5.08. The number of carbonyl (C=O) groups excluding carboxylic acids is 2. The first-order valence-electron chi connectivity index (χ1n) is 6.41. The van der Waals surface area contributed by atoms with Gasteiger partial charge in [0.1, 0.15) is 9.88 Å². The summed E-state index contributed by atoms with van der Waals surface area (Å²) in [7, 11) is 1.30. The van der Waals surface area contributed by atoms with Crippen LogP contribution < -0.4 is 5.32 Å². The summed E-state index contributed by atoms with van der Waals surface area (Å²) in [5, 5.41) is 7.32. The molecular weight excluding hydrogens is 308 g/mol. The van der Waals surface area contributed by atoms with Crippen molar-refractivity contribution < 1.29 is 14.3 Å². The van der Waals surface area contributed by atoms with Gasteiger partial charge in [-0.15, -0.1) is 22.7 Å². The fraction of sp³-hybridized carbons (Fsp3) is 0.357. The summed E-state index contributed by atoms with van der Waals surface area (Å²) in [6, 6.07) is 1.62. The van der Waals surface area contributed by atoms with Crippen molar-refractivity contribution in [1.82, 2.24) is 10.3 Å². The molecule has 0 radical (unpaired) electrons. The summed E-state index contributed by atoms with van der Waals surface area (Å²) >= 11 is 2.71. The van der Waals surface area contributed by atoms with Crippen molar-refractivity contribution in [2.45, 2.75) is 26.3 Å². The standard InChI is InChI=1S/C14H16N2O3S2/c1-8(2)10-7-21-11(16-10)6-15-13(17)9-4-5-20-12(9)14(18)19-3/h4-5,7-8H,6H2,1-3H3,(H,15,17). The SMILES string of the molecule is COC(=O)c1sccc1C(=O)NCc1nc(C(C)C)cs1. The zero-order valence-electron chi connectivity index (χ0n) is 12.0. The maximum Gasteiger partial charge on any atom is 0.348 e. The van der Waals surface area contributed by atoms with Crippen LogP contribution in [0, 0.1) is 0 Å². The lowest BCUT2D eigenvalue weighted by atomic mass is 10.2. The van der Waals surface area contributed by atoms with Gasteiger partial charge in [-0.1, -0.05) is 13.8 Å². The van der Waals surface area contributed by atoms with E-state index >= 15 is 0 Å². The topological polar surface area (TPSA) is 68.3 Å². The van der Waals surface area contributed by atoms with E-state index in [0.717, 1.165) is 10.7 Å². The molecule has 21 heavy (non-hydrogen) atoms. The average Bonchev–Trinajstić information content (AvgIpc) is 3.12. The molecular formula is C14H16N2O3S2. The number of hydrogen-bond acceptors (Lipinski definition) is 6. The molecule has 0 saturated heterocycles. The maximum absolute atomic E-state index is 12.1. The Bertz CT molecular complexity index is 646. The van der Waals surface area contributed by atoms with Crippen LogP contribution in [-0.2, 0) is 11.3 Å². The van der Waals surface area contributed by atoms with Gasteiger partial charge in [-0.05, 0) is 17.4 Å². The Balaban J connectivity index is 2.01. The first-order valence-corrected chi connectivity index (χ1v) is 8.17. The number of nitrogens with one attached hydrogen (secondary N) is 1. The Hall–Kier alpha value is -1.73. The third-order valence-electron chi connectivity index (χ3n) is 2.84. The van der Waals surface area contributed by atoms with E-state index in [1.807, 2.05) is 5.38 Å². The molecule has 2 heterocycles. The molecule has 0 bridgehead atoms. The van der Waals surface area contributed by atoms with Gasteiger partial charge in [-0.2, -0.15) is 0 Å². The molecule has 2 rings (SSSR count). The highest BCUT2D eigenvalue weighted by Crippen LogP contribution is 2.19. The number of nitrogens with zero attached hydrogens (tertiary/aromatic N) is 1. The predicted octanol–water partition coefficient (Wildman–Crippen LogP) is 3.04. The normalized spacial score (nSPS) is 10.7. The van der Waals surface area contributed by atoms with Crippen LogP contribution in [0.3, 0.4) is 0 Å². The van der Waals surface area contributed by atoms with E-state index in [4.69, 9.17) is 0 Å². The summed E-state index contributed by atoms with van der Waals surface area (Å²) < 4.78 is 4.66. The van der Waals surface area contributed by atoms with E-state index in [2.05, 4.69) is 28.9 Å². The lowest BCUT2D eigenvalue weighted by molar-refractivity contribution is 0.0602. The van der Waals surface area contributed by atoms with E-state index in [1.54, 1.807) is 11.4 Å². The average molecular weight is 324 g/mol.